The highest BCUT2D eigenvalue weighted by Gasteiger charge is 2.29. The molecule has 0 aliphatic heterocycles. The monoisotopic (exact) mass is 698 g/mol. The first kappa shape index (κ1) is 39.2. The fourth-order valence-electron chi connectivity index (χ4n) is 7.33. The van der Waals surface area contributed by atoms with Gasteiger partial charge in [0.05, 0.1) is 0 Å². The molecule has 0 saturated heterocycles. The normalized spacial score (nSPS) is 18.5. The van der Waals surface area contributed by atoms with Crippen LogP contribution < -0.4 is 0 Å². The Morgan fingerprint density at radius 1 is 0.698 bits per heavy atom. The summed E-state index contributed by atoms with van der Waals surface area (Å²) in [5.74, 6) is 1.44. The number of allylic oxidation sites excluding steroid dienone is 11. The zero-order valence-corrected chi connectivity index (χ0v) is 33.4. The van der Waals surface area contributed by atoms with Crippen LogP contribution in [0.15, 0.2) is 163 Å². The van der Waals surface area contributed by atoms with Crippen LogP contribution in [-0.4, -0.2) is 5.78 Å². The van der Waals surface area contributed by atoms with Gasteiger partial charge in [0, 0.05) is 22.5 Å². The average molecular weight is 699 g/mol. The van der Waals surface area contributed by atoms with Gasteiger partial charge in [-0.25, -0.2) is 0 Å². The van der Waals surface area contributed by atoms with Crippen LogP contribution in [0.1, 0.15) is 103 Å². The summed E-state index contributed by atoms with van der Waals surface area (Å²) in [7, 11) is 0. The Labute approximate surface area is 320 Å². The van der Waals surface area contributed by atoms with E-state index in [9.17, 15) is 4.79 Å². The molecule has 4 aromatic rings. The van der Waals surface area contributed by atoms with Crippen LogP contribution in [0.4, 0.5) is 0 Å². The van der Waals surface area contributed by atoms with E-state index in [-0.39, 0.29) is 16.6 Å². The maximum Gasteiger partial charge on any atom is 0.193 e. The Kier molecular flexibility index (Phi) is 12.4. The summed E-state index contributed by atoms with van der Waals surface area (Å²) < 4.78 is 0. The summed E-state index contributed by atoms with van der Waals surface area (Å²) in [5.41, 5.74) is 12.9. The van der Waals surface area contributed by atoms with E-state index in [1.807, 2.05) is 62.4 Å². The van der Waals surface area contributed by atoms with Crippen molar-refractivity contribution >= 4 is 11.4 Å². The van der Waals surface area contributed by atoms with Gasteiger partial charge in [0.25, 0.3) is 0 Å². The number of carbonyl (C=O) groups excluding carboxylic acids is 1. The lowest BCUT2D eigenvalue weighted by atomic mass is 9.71. The van der Waals surface area contributed by atoms with Crippen LogP contribution in [0, 0.1) is 38.0 Å². The van der Waals surface area contributed by atoms with Crippen LogP contribution >= 0.6 is 0 Å². The van der Waals surface area contributed by atoms with Gasteiger partial charge >= 0.3 is 0 Å². The minimum atomic E-state index is -0.0318. The minimum Gasteiger partial charge on any atom is -0.289 e. The molecule has 2 aliphatic carbocycles. The number of hydrogen-bond acceptors (Lipinski definition) is 1. The smallest absolute Gasteiger partial charge is 0.193 e. The van der Waals surface area contributed by atoms with Crippen LogP contribution in [0.2, 0.25) is 0 Å². The molecule has 0 fully saturated rings. The van der Waals surface area contributed by atoms with Crippen molar-refractivity contribution in [1.29, 1.82) is 0 Å². The SMILES string of the molecule is C=C(C1=CCC(C(C)(C)C=CC)C=C1)c1ccc(C2C=C(C(C)(C)c3ccc(C)cc3)C=CC2C)cc1.Cc1ccc(C(=O)c2ccc(C)cc2)cc1. The summed E-state index contributed by atoms with van der Waals surface area (Å²) >= 11 is 0. The number of benzene rings is 4. The van der Waals surface area contributed by atoms with Gasteiger partial charge in [-0.1, -0.05) is 204 Å². The first-order valence-electron chi connectivity index (χ1n) is 19.2. The Morgan fingerprint density at radius 2 is 1.21 bits per heavy atom. The molecule has 272 valence electrons. The van der Waals surface area contributed by atoms with Gasteiger partial charge in [-0.15, -0.1) is 0 Å². The molecule has 0 radical (unpaired) electrons. The van der Waals surface area contributed by atoms with E-state index in [4.69, 9.17) is 0 Å². The van der Waals surface area contributed by atoms with Crippen molar-refractivity contribution in [1.82, 2.24) is 0 Å². The summed E-state index contributed by atoms with van der Waals surface area (Å²) in [6.45, 7) is 24.4. The number of carbonyl (C=O) groups is 1. The van der Waals surface area contributed by atoms with Crippen molar-refractivity contribution in [3.05, 3.63) is 208 Å². The first-order valence-corrected chi connectivity index (χ1v) is 19.2. The summed E-state index contributed by atoms with van der Waals surface area (Å²) in [4.78, 5) is 12.1. The quantitative estimate of drug-likeness (QED) is 0.126. The molecular weight excluding hydrogens is 641 g/mol. The van der Waals surface area contributed by atoms with Gasteiger partial charge in [-0.2, -0.15) is 0 Å². The molecule has 1 heteroatoms. The highest BCUT2D eigenvalue weighted by Crippen LogP contribution is 2.41. The van der Waals surface area contributed by atoms with Gasteiger partial charge in [0.2, 0.25) is 0 Å². The molecule has 2 aliphatic rings. The maximum absolute atomic E-state index is 12.1. The molecule has 0 bridgehead atoms. The third-order valence-electron chi connectivity index (χ3n) is 11.3. The summed E-state index contributed by atoms with van der Waals surface area (Å²) in [6, 6.07) is 33.4. The predicted octanol–water partition coefficient (Wildman–Crippen LogP) is 13.8. The van der Waals surface area contributed by atoms with Crippen molar-refractivity contribution in [2.24, 2.45) is 17.3 Å². The van der Waals surface area contributed by atoms with Gasteiger partial charge < -0.3 is 0 Å². The van der Waals surface area contributed by atoms with Crippen molar-refractivity contribution < 1.29 is 4.79 Å². The number of rotatable bonds is 9. The van der Waals surface area contributed by atoms with Crippen molar-refractivity contribution in [2.45, 2.75) is 80.1 Å². The molecule has 0 aromatic heterocycles. The van der Waals surface area contributed by atoms with E-state index < -0.39 is 0 Å². The Morgan fingerprint density at radius 3 is 1.70 bits per heavy atom. The highest BCUT2D eigenvalue weighted by molar-refractivity contribution is 6.09. The standard InChI is InChI=1S/C37H44.C15H14O/c1-9-24-36(5,6)32-22-17-30(18-23-32)28(4)29-13-15-31(16-14-29)35-25-34(21-12-27(35)3)37(7,8)33-19-10-26(2)11-20-33;1-11-3-7-13(8-4-11)15(16)14-9-5-12(2)6-10-14/h9-22,24-25,27,32,35H,4,23H2,1-3,5-8H3;3-10H,1-2H3. The van der Waals surface area contributed by atoms with Crippen molar-refractivity contribution in [3.63, 3.8) is 0 Å². The second-order valence-electron chi connectivity index (χ2n) is 16.2. The highest BCUT2D eigenvalue weighted by atomic mass is 16.1. The molecule has 53 heavy (non-hydrogen) atoms. The molecular formula is C52H58O. The maximum atomic E-state index is 12.1. The van der Waals surface area contributed by atoms with E-state index in [1.54, 1.807) is 0 Å². The van der Waals surface area contributed by atoms with Crippen LogP contribution in [0.25, 0.3) is 5.57 Å². The fourth-order valence-corrected chi connectivity index (χ4v) is 7.33. The molecule has 0 heterocycles. The molecule has 0 N–H and O–H groups in total. The molecule has 3 atom stereocenters. The van der Waals surface area contributed by atoms with E-state index in [0.29, 0.717) is 17.8 Å². The van der Waals surface area contributed by atoms with Crippen LogP contribution in [0.5, 0.6) is 0 Å². The first-order chi connectivity index (χ1) is 25.2. The molecule has 6 rings (SSSR count). The number of aryl methyl sites for hydroxylation is 3. The molecule has 0 spiro atoms. The van der Waals surface area contributed by atoms with E-state index >= 15 is 0 Å². The van der Waals surface area contributed by atoms with Crippen molar-refractivity contribution in [2.75, 3.05) is 0 Å². The average Bonchev–Trinajstić information content (AvgIpc) is 3.15. The van der Waals surface area contributed by atoms with E-state index in [2.05, 4.69) is 152 Å². The minimum absolute atomic E-state index is 0.0318. The largest absolute Gasteiger partial charge is 0.289 e. The topological polar surface area (TPSA) is 17.1 Å². The summed E-state index contributed by atoms with van der Waals surface area (Å²) in [5, 5.41) is 0. The van der Waals surface area contributed by atoms with Gasteiger partial charge in [0.1, 0.15) is 0 Å². The van der Waals surface area contributed by atoms with Gasteiger partial charge in [-0.05, 0) is 84.8 Å². The lowest BCUT2D eigenvalue weighted by molar-refractivity contribution is 0.103. The molecule has 0 saturated carbocycles. The second-order valence-corrected chi connectivity index (χ2v) is 16.2. The second kappa shape index (κ2) is 16.8. The van der Waals surface area contributed by atoms with Crippen LogP contribution in [0.3, 0.4) is 0 Å². The summed E-state index contributed by atoms with van der Waals surface area (Å²) in [6.07, 6.45) is 19.7. The molecule has 3 unspecified atom stereocenters. The lowest BCUT2D eigenvalue weighted by Gasteiger charge is -2.33. The Hall–Kier alpha value is -5.01. The van der Waals surface area contributed by atoms with Gasteiger partial charge in [0.15, 0.2) is 5.78 Å². The number of ketones is 1. The number of hydrogen-bond donors (Lipinski definition) is 0. The Balaban J connectivity index is 0.000000281. The van der Waals surface area contributed by atoms with Gasteiger partial charge in [-0.3, -0.25) is 4.79 Å². The van der Waals surface area contributed by atoms with Crippen LogP contribution in [-0.2, 0) is 5.41 Å². The molecule has 0 amide bonds. The predicted molar refractivity (Wildman–Crippen MR) is 229 cm³/mol. The molecule has 4 aromatic carbocycles. The van der Waals surface area contributed by atoms with Crippen molar-refractivity contribution in [3.8, 4) is 0 Å². The Bertz CT molecular complexity index is 1990. The molecule has 1 nitrogen and oxygen atoms in total. The zero-order valence-electron chi connectivity index (χ0n) is 33.4. The lowest BCUT2D eigenvalue weighted by Crippen LogP contribution is -2.23. The third kappa shape index (κ3) is 9.51. The van der Waals surface area contributed by atoms with E-state index in [0.717, 1.165) is 23.1 Å². The fraction of sp³-hybridized carbons (Fsp3) is 0.288. The zero-order chi connectivity index (χ0) is 38.3. The van der Waals surface area contributed by atoms with E-state index in [1.165, 1.54) is 44.5 Å². The third-order valence-corrected chi connectivity index (χ3v) is 11.3.